The summed E-state index contributed by atoms with van der Waals surface area (Å²) < 4.78 is 10.5. The van der Waals surface area contributed by atoms with Gasteiger partial charge in [-0.1, -0.05) is 24.3 Å². The first-order valence-electron chi connectivity index (χ1n) is 7.72. The van der Waals surface area contributed by atoms with Crippen molar-refractivity contribution < 1.29 is 14.6 Å². The van der Waals surface area contributed by atoms with Gasteiger partial charge in [0.1, 0.15) is 0 Å². The summed E-state index contributed by atoms with van der Waals surface area (Å²) in [5.41, 5.74) is 8.72. The van der Waals surface area contributed by atoms with Gasteiger partial charge in [0.15, 0.2) is 17.5 Å². The van der Waals surface area contributed by atoms with Crippen molar-refractivity contribution in [1.29, 1.82) is 0 Å². The number of hydrogen-bond acceptors (Lipinski definition) is 4. The lowest BCUT2D eigenvalue weighted by Gasteiger charge is -2.11. The van der Waals surface area contributed by atoms with E-state index in [1.807, 2.05) is 31.2 Å². The Morgan fingerprint density at radius 2 is 2.00 bits per heavy atom. The SMILES string of the molecule is CCOc1cc(CN=C(N)Nc2ccccc2COC)ccc1O.I. The molecule has 0 unspecified atom stereocenters. The standard InChI is InChI=1S/C18H23N3O3.HI/c1-3-24-17-10-13(8-9-16(17)22)11-20-18(19)21-15-7-5-4-6-14(15)12-23-2;/h4-10,22H,3,11-12H2,1-2H3,(H3,19,20,21);1H. The van der Waals surface area contributed by atoms with Crippen LogP contribution in [-0.4, -0.2) is 24.8 Å². The van der Waals surface area contributed by atoms with Gasteiger partial charge >= 0.3 is 0 Å². The molecule has 0 aromatic heterocycles. The highest BCUT2D eigenvalue weighted by Gasteiger charge is 2.05. The quantitative estimate of drug-likeness (QED) is 0.337. The molecule has 0 saturated carbocycles. The Bertz CT molecular complexity index is 708. The van der Waals surface area contributed by atoms with Gasteiger partial charge in [0.25, 0.3) is 0 Å². The fourth-order valence-corrected chi connectivity index (χ4v) is 2.21. The molecule has 0 aliphatic rings. The minimum absolute atomic E-state index is 0. The van der Waals surface area contributed by atoms with E-state index in [9.17, 15) is 5.11 Å². The molecule has 0 bridgehead atoms. The maximum Gasteiger partial charge on any atom is 0.193 e. The highest BCUT2D eigenvalue weighted by molar-refractivity contribution is 14.0. The number of halogens is 1. The van der Waals surface area contributed by atoms with Crippen molar-refractivity contribution in [3.05, 3.63) is 53.6 Å². The van der Waals surface area contributed by atoms with Crippen LogP contribution in [0.25, 0.3) is 0 Å². The van der Waals surface area contributed by atoms with Gasteiger partial charge in [0.05, 0.1) is 19.8 Å². The van der Waals surface area contributed by atoms with E-state index in [0.717, 1.165) is 16.8 Å². The number of aliphatic imine (C=N–C) groups is 1. The lowest BCUT2D eigenvalue weighted by atomic mass is 10.2. The zero-order valence-electron chi connectivity index (χ0n) is 14.4. The Labute approximate surface area is 165 Å². The number of methoxy groups -OCH3 is 1. The lowest BCUT2D eigenvalue weighted by Crippen LogP contribution is -2.23. The Balaban J connectivity index is 0.00000312. The number of nitrogens with two attached hydrogens (primary N) is 1. The average molecular weight is 457 g/mol. The van der Waals surface area contributed by atoms with E-state index in [-0.39, 0.29) is 29.7 Å². The second-order valence-corrected chi connectivity index (χ2v) is 5.15. The van der Waals surface area contributed by atoms with Crippen LogP contribution < -0.4 is 15.8 Å². The van der Waals surface area contributed by atoms with E-state index in [0.29, 0.717) is 31.5 Å². The van der Waals surface area contributed by atoms with Gasteiger partial charge in [-0.2, -0.15) is 0 Å². The molecular weight excluding hydrogens is 433 g/mol. The van der Waals surface area contributed by atoms with Crippen LogP contribution in [0.15, 0.2) is 47.5 Å². The summed E-state index contributed by atoms with van der Waals surface area (Å²) in [5.74, 6) is 0.871. The van der Waals surface area contributed by atoms with Crippen molar-refractivity contribution in [1.82, 2.24) is 0 Å². The highest BCUT2D eigenvalue weighted by Crippen LogP contribution is 2.27. The third-order valence-corrected chi connectivity index (χ3v) is 3.34. The third-order valence-electron chi connectivity index (χ3n) is 3.34. The maximum atomic E-state index is 9.71. The minimum Gasteiger partial charge on any atom is -0.504 e. The molecule has 0 radical (unpaired) electrons. The number of aromatic hydroxyl groups is 1. The maximum absolute atomic E-state index is 9.71. The summed E-state index contributed by atoms with van der Waals surface area (Å²) >= 11 is 0. The lowest BCUT2D eigenvalue weighted by molar-refractivity contribution is 0.185. The Hall–Kier alpha value is -2.00. The van der Waals surface area contributed by atoms with E-state index in [1.54, 1.807) is 25.3 Å². The van der Waals surface area contributed by atoms with Gasteiger partial charge in [-0.3, -0.25) is 0 Å². The van der Waals surface area contributed by atoms with Crippen molar-refractivity contribution in [3.8, 4) is 11.5 Å². The fraction of sp³-hybridized carbons (Fsp3) is 0.278. The zero-order chi connectivity index (χ0) is 17.4. The summed E-state index contributed by atoms with van der Waals surface area (Å²) in [6.07, 6.45) is 0. The van der Waals surface area contributed by atoms with Crippen LogP contribution in [0.5, 0.6) is 11.5 Å². The number of guanidine groups is 1. The molecule has 25 heavy (non-hydrogen) atoms. The first-order chi connectivity index (χ1) is 11.6. The zero-order valence-corrected chi connectivity index (χ0v) is 16.7. The second kappa shape index (κ2) is 10.8. The van der Waals surface area contributed by atoms with Crippen LogP contribution >= 0.6 is 24.0 Å². The normalized spacial score (nSPS) is 10.9. The Morgan fingerprint density at radius 3 is 2.72 bits per heavy atom. The van der Waals surface area contributed by atoms with Gasteiger partial charge in [0.2, 0.25) is 0 Å². The molecule has 0 atom stereocenters. The van der Waals surface area contributed by atoms with E-state index < -0.39 is 0 Å². The van der Waals surface area contributed by atoms with Crippen LogP contribution in [0.2, 0.25) is 0 Å². The monoisotopic (exact) mass is 457 g/mol. The van der Waals surface area contributed by atoms with Gasteiger partial charge in [-0.25, -0.2) is 4.99 Å². The second-order valence-electron chi connectivity index (χ2n) is 5.15. The number of nitrogens with zero attached hydrogens (tertiary/aromatic N) is 1. The highest BCUT2D eigenvalue weighted by atomic mass is 127. The predicted octanol–water partition coefficient (Wildman–Crippen LogP) is 3.48. The summed E-state index contributed by atoms with van der Waals surface area (Å²) in [7, 11) is 1.65. The first kappa shape index (κ1) is 21.0. The van der Waals surface area contributed by atoms with Crippen LogP contribution in [-0.2, 0) is 17.9 Å². The van der Waals surface area contributed by atoms with Crippen LogP contribution in [0.3, 0.4) is 0 Å². The van der Waals surface area contributed by atoms with Crippen molar-refractivity contribution in [2.24, 2.45) is 10.7 Å². The largest absolute Gasteiger partial charge is 0.504 e. The number of phenols is 1. The van der Waals surface area contributed by atoms with Crippen molar-refractivity contribution in [2.45, 2.75) is 20.1 Å². The molecule has 0 amide bonds. The number of rotatable bonds is 7. The number of ether oxygens (including phenoxy) is 2. The first-order valence-corrected chi connectivity index (χ1v) is 7.72. The molecular formula is C18H24IN3O3. The molecule has 6 nitrogen and oxygen atoms in total. The number of nitrogens with one attached hydrogen (secondary N) is 1. The summed E-state index contributed by atoms with van der Waals surface area (Å²) in [6, 6.07) is 12.9. The number of benzene rings is 2. The minimum atomic E-state index is 0. The van der Waals surface area contributed by atoms with Gasteiger partial charge < -0.3 is 25.6 Å². The topological polar surface area (TPSA) is 89.1 Å². The summed E-state index contributed by atoms with van der Waals surface area (Å²) in [6.45, 7) is 3.22. The molecule has 4 N–H and O–H groups in total. The van der Waals surface area contributed by atoms with Gasteiger partial charge in [0, 0.05) is 18.4 Å². The summed E-state index contributed by atoms with van der Waals surface area (Å²) in [4.78, 5) is 4.33. The van der Waals surface area contributed by atoms with E-state index >= 15 is 0 Å². The van der Waals surface area contributed by atoms with E-state index in [1.165, 1.54) is 0 Å². The molecule has 0 spiro atoms. The number of hydrogen-bond donors (Lipinski definition) is 3. The molecule has 0 saturated heterocycles. The molecule has 2 aromatic rings. The molecule has 0 heterocycles. The van der Waals surface area contributed by atoms with Crippen LogP contribution in [0.1, 0.15) is 18.1 Å². The van der Waals surface area contributed by atoms with Gasteiger partial charge in [-0.05, 0) is 30.7 Å². The number of phenolic OH excluding ortho intramolecular Hbond substituents is 1. The number of para-hydroxylation sites is 1. The molecule has 136 valence electrons. The van der Waals surface area contributed by atoms with Crippen LogP contribution in [0, 0.1) is 0 Å². The molecule has 0 fully saturated rings. The molecule has 2 aromatic carbocycles. The predicted molar refractivity (Wildman–Crippen MR) is 111 cm³/mol. The van der Waals surface area contributed by atoms with Gasteiger partial charge in [-0.15, -0.1) is 24.0 Å². The van der Waals surface area contributed by atoms with Crippen molar-refractivity contribution in [2.75, 3.05) is 19.0 Å². The fourth-order valence-electron chi connectivity index (χ4n) is 2.21. The molecule has 0 aliphatic carbocycles. The molecule has 0 aliphatic heterocycles. The smallest absolute Gasteiger partial charge is 0.193 e. The summed E-state index contributed by atoms with van der Waals surface area (Å²) in [5, 5.41) is 12.8. The Morgan fingerprint density at radius 1 is 1.24 bits per heavy atom. The third kappa shape index (κ3) is 6.43. The molecule has 7 heteroatoms. The molecule has 2 rings (SSSR count). The van der Waals surface area contributed by atoms with E-state index in [4.69, 9.17) is 15.2 Å². The number of anilines is 1. The van der Waals surface area contributed by atoms with Crippen LogP contribution in [0.4, 0.5) is 5.69 Å². The Kier molecular flexibility index (Phi) is 9.07. The van der Waals surface area contributed by atoms with E-state index in [2.05, 4.69) is 10.3 Å². The van der Waals surface area contributed by atoms with Crippen molar-refractivity contribution in [3.63, 3.8) is 0 Å². The average Bonchev–Trinajstić information content (AvgIpc) is 2.58. The van der Waals surface area contributed by atoms with Crippen molar-refractivity contribution >= 4 is 35.6 Å².